The third kappa shape index (κ3) is 3.61. The molecular formula is C19H26N2O3. The molecule has 2 amide bonds. The Labute approximate surface area is 143 Å². The first-order valence-electron chi connectivity index (χ1n) is 8.73. The van der Waals surface area contributed by atoms with Gasteiger partial charge in [0.2, 0.25) is 5.91 Å². The van der Waals surface area contributed by atoms with Gasteiger partial charge in [0, 0.05) is 37.8 Å². The number of fused-ring (bicyclic) bond motifs is 1. The SMILES string of the molecule is COCC1CC(=O)NC2CC(NC(=O)c3ccccc3C)CCC12. The number of aryl methyl sites for hydroxylation is 1. The number of hydrogen-bond donors (Lipinski definition) is 2. The van der Waals surface area contributed by atoms with Crippen LogP contribution < -0.4 is 10.6 Å². The van der Waals surface area contributed by atoms with Crippen molar-refractivity contribution in [3.8, 4) is 0 Å². The second-order valence-corrected chi connectivity index (χ2v) is 7.06. The van der Waals surface area contributed by atoms with Crippen LogP contribution in [0.1, 0.15) is 41.6 Å². The van der Waals surface area contributed by atoms with Crippen molar-refractivity contribution in [1.82, 2.24) is 10.6 Å². The summed E-state index contributed by atoms with van der Waals surface area (Å²) >= 11 is 0. The Bertz CT molecular complexity index is 616. The summed E-state index contributed by atoms with van der Waals surface area (Å²) in [5.41, 5.74) is 1.71. The quantitative estimate of drug-likeness (QED) is 0.888. The Morgan fingerprint density at radius 2 is 2.12 bits per heavy atom. The second-order valence-electron chi connectivity index (χ2n) is 7.06. The third-order valence-corrected chi connectivity index (χ3v) is 5.41. The van der Waals surface area contributed by atoms with Crippen molar-refractivity contribution in [2.75, 3.05) is 13.7 Å². The van der Waals surface area contributed by atoms with E-state index >= 15 is 0 Å². The molecule has 1 heterocycles. The summed E-state index contributed by atoms with van der Waals surface area (Å²) in [6.45, 7) is 2.58. The van der Waals surface area contributed by atoms with Gasteiger partial charge in [-0.2, -0.15) is 0 Å². The number of piperidine rings is 1. The zero-order valence-corrected chi connectivity index (χ0v) is 14.4. The molecule has 2 fully saturated rings. The maximum Gasteiger partial charge on any atom is 0.251 e. The Morgan fingerprint density at radius 1 is 1.33 bits per heavy atom. The van der Waals surface area contributed by atoms with E-state index in [0.717, 1.165) is 30.4 Å². The summed E-state index contributed by atoms with van der Waals surface area (Å²) in [5.74, 6) is 0.826. The first kappa shape index (κ1) is 17.0. The highest BCUT2D eigenvalue weighted by atomic mass is 16.5. The predicted molar refractivity (Wildman–Crippen MR) is 91.7 cm³/mol. The topological polar surface area (TPSA) is 67.4 Å². The lowest BCUT2D eigenvalue weighted by molar-refractivity contribution is -0.128. The second kappa shape index (κ2) is 7.34. The number of carbonyl (C=O) groups excluding carboxylic acids is 2. The molecule has 0 spiro atoms. The van der Waals surface area contributed by atoms with Crippen LogP contribution in [-0.4, -0.2) is 37.6 Å². The Balaban J connectivity index is 1.63. The van der Waals surface area contributed by atoms with E-state index < -0.39 is 0 Å². The fourth-order valence-electron chi connectivity index (χ4n) is 4.20. The van der Waals surface area contributed by atoms with Crippen molar-refractivity contribution in [3.63, 3.8) is 0 Å². The molecule has 0 aromatic heterocycles. The maximum atomic E-state index is 12.5. The fourth-order valence-corrected chi connectivity index (χ4v) is 4.20. The summed E-state index contributed by atoms with van der Waals surface area (Å²) in [6.07, 6.45) is 3.32. The number of carbonyl (C=O) groups is 2. The molecule has 24 heavy (non-hydrogen) atoms. The van der Waals surface area contributed by atoms with Crippen molar-refractivity contribution >= 4 is 11.8 Å². The van der Waals surface area contributed by atoms with Gasteiger partial charge in [0.1, 0.15) is 0 Å². The van der Waals surface area contributed by atoms with E-state index in [1.165, 1.54) is 0 Å². The van der Waals surface area contributed by atoms with Crippen molar-refractivity contribution in [1.29, 1.82) is 0 Å². The molecule has 1 saturated carbocycles. The summed E-state index contributed by atoms with van der Waals surface area (Å²) in [5, 5.41) is 6.26. The molecule has 2 N–H and O–H groups in total. The lowest BCUT2D eigenvalue weighted by Crippen LogP contribution is -2.56. The predicted octanol–water partition coefficient (Wildman–Crippen LogP) is 2.04. The van der Waals surface area contributed by atoms with Crippen LogP contribution in [-0.2, 0) is 9.53 Å². The van der Waals surface area contributed by atoms with Crippen molar-refractivity contribution in [3.05, 3.63) is 35.4 Å². The molecule has 5 nitrogen and oxygen atoms in total. The number of rotatable bonds is 4. The van der Waals surface area contributed by atoms with E-state index in [2.05, 4.69) is 10.6 Å². The molecule has 5 heteroatoms. The summed E-state index contributed by atoms with van der Waals surface area (Å²) in [7, 11) is 1.69. The first-order valence-corrected chi connectivity index (χ1v) is 8.73. The van der Waals surface area contributed by atoms with E-state index in [9.17, 15) is 9.59 Å². The zero-order valence-electron chi connectivity index (χ0n) is 14.4. The monoisotopic (exact) mass is 330 g/mol. The minimum absolute atomic E-state index is 0.0212. The number of nitrogens with one attached hydrogen (secondary N) is 2. The van der Waals surface area contributed by atoms with E-state index in [-0.39, 0.29) is 23.9 Å². The number of hydrogen-bond acceptors (Lipinski definition) is 3. The molecule has 0 radical (unpaired) electrons. The molecule has 1 aromatic rings. The molecule has 1 saturated heterocycles. The van der Waals surface area contributed by atoms with Gasteiger partial charge in [0.15, 0.2) is 0 Å². The van der Waals surface area contributed by atoms with E-state index in [1.807, 2.05) is 31.2 Å². The maximum absolute atomic E-state index is 12.5. The van der Waals surface area contributed by atoms with Crippen molar-refractivity contribution < 1.29 is 14.3 Å². The Morgan fingerprint density at radius 3 is 2.88 bits per heavy atom. The van der Waals surface area contributed by atoms with Crippen LogP contribution in [0.15, 0.2) is 24.3 Å². The van der Waals surface area contributed by atoms with E-state index in [1.54, 1.807) is 7.11 Å². The van der Waals surface area contributed by atoms with Crippen LogP contribution in [0.25, 0.3) is 0 Å². The van der Waals surface area contributed by atoms with Gasteiger partial charge in [0.05, 0.1) is 0 Å². The summed E-state index contributed by atoms with van der Waals surface area (Å²) in [6, 6.07) is 7.87. The highest BCUT2D eigenvalue weighted by molar-refractivity contribution is 5.95. The van der Waals surface area contributed by atoms with Gasteiger partial charge in [-0.1, -0.05) is 18.2 Å². The lowest BCUT2D eigenvalue weighted by Gasteiger charge is -2.43. The van der Waals surface area contributed by atoms with Crippen LogP contribution in [0.2, 0.25) is 0 Å². The van der Waals surface area contributed by atoms with Gasteiger partial charge in [-0.05, 0) is 49.7 Å². The smallest absolute Gasteiger partial charge is 0.251 e. The van der Waals surface area contributed by atoms with Crippen LogP contribution in [0.5, 0.6) is 0 Å². The van der Waals surface area contributed by atoms with Crippen LogP contribution in [0.4, 0.5) is 0 Å². The Hall–Kier alpha value is -1.88. The number of amides is 2. The molecule has 2 aliphatic rings. The number of methoxy groups -OCH3 is 1. The molecule has 1 aliphatic carbocycles. The van der Waals surface area contributed by atoms with Crippen LogP contribution >= 0.6 is 0 Å². The van der Waals surface area contributed by atoms with Gasteiger partial charge in [-0.25, -0.2) is 0 Å². The van der Waals surface area contributed by atoms with E-state index in [0.29, 0.717) is 24.9 Å². The summed E-state index contributed by atoms with van der Waals surface area (Å²) < 4.78 is 5.29. The normalized spacial score (nSPS) is 29.5. The third-order valence-electron chi connectivity index (χ3n) is 5.41. The summed E-state index contributed by atoms with van der Waals surface area (Å²) in [4.78, 5) is 24.5. The van der Waals surface area contributed by atoms with Crippen LogP contribution in [0.3, 0.4) is 0 Å². The lowest BCUT2D eigenvalue weighted by atomic mass is 9.71. The average molecular weight is 330 g/mol. The molecule has 4 atom stereocenters. The molecule has 0 bridgehead atoms. The average Bonchev–Trinajstić information content (AvgIpc) is 2.55. The van der Waals surface area contributed by atoms with Gasteiger partial charge < -0.3 is 15.4 Å². The standard InChI is InChI=1S/C19H26N2O3/c1-12-5-3-4-6-15(12)19(23)20-14-7-8-16-13(11-24-2)9-18(22)21-17(16)10-14/h3-6,13-14,16-17H,7-11H2,1-2H3,(H,20,23)(H,21,22). The van der Waals surface area contributed by atoms with Gasteiger partial charge in [-0.15, -0.1) is 0 Å². The van der Waals surface area contributed by atoms with Gasteiger partial charge >= 0.3 is 0 Å². The zero-order chi connectivity index (χ0) is 17.1. The van der Waals surface area contributed by atoms with E-state index in [4.69, 9.17) is 4.74 Å². The first-order chi connectivity index (χ1) is 11.6. The molecule has 3 rings (SSSR count). The molecule has 4 unspecified atom stereocenters. The largest absolute Gasteiger partial charge is 0.384 e. The van der Waals surface area contributed by atoms with Gasteiger partial charge in [0.25, 0.3) is 5.91 Å². The van der Waals surface area contributed by atoms with Crippen molar-refractivity contribution in [2.24, 2.45) is 11.8 Å². The molecular weight excluding hydrogens is 304 g/mol. The van der Waals surface area contributed by atoms with Gasteiger partial charge in [-0.3, -0.25) is 9.59 Å². The minimum atomic E-state index is -0.0212. The van der Waals surface area contributed by atoms with Crippen molar-refractivity contribution in [2.45, 2.75) is 44.7 Å². The number of ether oxygens (including phenoxy) is 1. The highest BCUT2D eigenvalue weighted by Crippen LogP contribution is 2.35. The van der Waals surface area contributed by atoms with Crippen LogP contribution in [0, 0.1) is 18.8 Å². The molecule has 130 valence electrons. The minimum Gasteiger partial charge on any atom is -0.384 e. The highest BCUT2D eigenvalue weighted by Gasteiger charge is 2.40. The number of benzene rings is 1. The fraction of sp³-hybridized carbons (Fsp3) is 0.579. The molecule has 1 aromatic carbocycles. The Kier molecular flexibility index (Phi) is 5.19. The molecule has 1 aliphatic heterocycles.